The average Bonchev–Trinajstić information content (AvgIpc) is 3.24. The summed E-state index contributed by atoms with van der Waals surface area (Å²) in [5, 5.41) is 19.3. The minimum Gasteiger partial charge on any atom is -0.493 e. The number of hydrogen-bond acceptors (Lipinski definition) is 6. The third-order valence-corrected chi connectivity index (χ3v) is 10.5. The fourth-order valence-electron chi connectivity index (χ4n) is 8.25. The Morgan fingerprint density at radius 1 is 1.10 bits per heavy atom. The summed E-state index contributed by atoms with van der Waals surface area (Å²) >= 11 is 0. The maximum Gasteiger partial charge on any atom is 0.488 e. The molecule has 0 spiro atoms. The molecule has 3 aliphatic carbocycles. The lowest BCUT2D eigenvalue weighted by Crippen LogP contribution is -2.44. The summed E-state index contributed by atoms with van der Waals surface area (Å²) in [5.41, 5.74) is 3.94. The van der Waals surface area contributed by atoms with Crippen LogP contribution in [0, 0.1) is 23.2 Å². The normalized spacial score (nSPS) is 26.5. The third-order valence-electron chi connectivity index (χ3n) is 10.5. The molecule has 0 heterocycles. The fraction of sp³-hybridized carbons (Fsp3) is 0.576. The van der Waals surface area contributed by atoms with E-state index < -0.39 is 7.12 Å². The molecule has 0 aliphatic heterocycles. The molecule has 41 heavy (non-hydrogen) atoms. The summed E-state index contributed by atoms with van der Waals surface area (Å²) in [7, 11) is 3.66. The molecule has 8 heteroatoms. The molecule has 220 valence electrons. The van der Waals surface area contributed by atoms with E-state index in [0.29, 0.717) is 65.8 Å². The lowest BCUT2D eigenvalue weighted by atomic mass is 9.53. The molecule has 0 saturated heterocycles. The Labute approximate surface area is 244 Å². The predicted octanol–water partition coefficient (Wildman–Crippen LogP) is 3.91. The number of carbonyl (C=O) groups excluding carboxylic acids is 2. The van der Waals surface area contributed by atoms with E-state index in [9.17, 15) is 19.6 Å². The highest BCUT2D eigenvalue weighted by molar-refractivity contribution is 6.58. The molecule has 0 bridgehead atoms. The van der Waals surface area contributed by atoms with Crippen molar-refractivity contribution in [3.63, 3.8) is 0 Å². The van der Waals surface area contributed by atoms with Gasteiger partial charge in [-0.1, -0.05) is 31.2 Å². The zero-order valence-electron chi connectivity index (χ0n) is 24.9. The van der Waals surface area contributed by atoms with Gasteiger partial charge in [-0.3, -0.25) is 9.59 Å². The van der Waals surface area contributed by atoms with Gasteiger partial charge in [0.15, 0.2) is 11.5 Å². The molecule has 2 fully saturated rings. The van der Waals surface area contributed by atoms with Gasteiger partial charge in [-0.05, 0) is 103 Å². The van der Waals surface area contributed by atoms with E-state index in [0.717, 1.165) is 50.5 Å². The van der Waals surface area contributed by atoms with Crippen molar-refractivity contribution < 1.29 is 29.1 Å². The highest BCUT2D eigenvalue weighted by Crippen LogP contribution is 2.62. The lowest BCUT2D eigenvalue weighted by Gasteiger charge is -2.50. The molecule has 0 radical (unpaired) electrons. The van der Waals surface area contributed by atoms with E-state index >= 15 is 0 Å². The van der Waals surface area contributed by atoms with Gasteiger partial charge in [0, 0.05) is 31.8 Å². The third kappa shape index (κ3) is 5.78. The van der Waals surface area contributed by atoms with Gasteiger partial charge in [0.05, 0.1) is 14.2 Å². The highest BCUT2D eigenvalue weighted by Gasteiger charge is 2.58. The van der Waals surface area contributed by atoms with Gasteiger partial charge in [0.1, 0.15) is 5.78 Å². The molecule has 5 atom stereocenters. The number of amides is 1. The van der Waals surface area contributed by atoms with E-state index in [2.05, 4.69) is 13.0 Å². The molecule has 1 amide bonds. The van der Waals surface area contributed by atoms with Crippen LogP contribution in [0.1, 0.15) is 74.5 Å². The van der Waals surface area contributed by atoms with Crippen LogP contribution in [0.25, 0.3) is 0 Å². The van der Waals surface area contributed by atoms with Gasteiger partial charge in [-0.15, -0.1) is 0 Å². The number of hydrogen-bond donors (Lipinski definition) is 2. The number of aryl methyl sites for hydroxylation is 1. The fourth-order valence-corrected chi connectivity index (χ4v) is 8.25. The Bertz CT molecular complexity index is 1280. The number of ether oxygens (including phenoxy) is 2. The van der Waals surface area contributed by atoms with Crippen LogP contribution in [-0.2, 0) is 22.4 Å². The van der Waals surface area contributed by atoms with Gasteiger partial charge in [0.2, 0.25) is 5.91 Å². The summed E-state index contributed by atoms with van der Waals surface area (Å²) in [4.78, 5) is 28.1. The first-order valence-corrected chi connectivity index (χ1v) is 15.1. The summed E-state index contributed by atoms with van der Waals surface area (Å²) in [5.74, 6) is 3.49. The van der Waals surface area contributed by atoms with Gasteiger partial charge >= 0.3 is 7.12 Å². The zero-order valence-corrected chi connectivity index (χ0v) is 24.9. The number of carbonyl (C=O) groups is 2. The van der Waals surface area contributed by atoms with Gasteiger partial charge < -0.3 is 24.4 Å². The van der Waals surface area contributed by atoms with Crippen molar-refractivity contribution in [3.8, 4) is 11.5 Å². The van der Waals surface area contributed by atoms with Crippen LogP contribution in [0.4, 0.5) is 0 Å². The van der Waals surface area contributed by atoms with Crippen LogP contribution in [0.3, 0.4) is 0 Å². The van der Waals surface area contributed by atoms with Crippen molar-refractivity contribution in [2.45, 2.75) is 70.6 Å². The molecule has 0 aromatic heterocycles. The van der Waals surface area contributed by atoms with Gasteiger partial charge in [-0.25, -0.2) is 0 Å². The van der Waals surface area contributed by atoms with Crippen molar-refractivity contribution in [2.75, 3.05) is 27.8 Å². The summed E-state index contributed by atoms with van der Waals surface area (Å²) < 4.78 is 10.7. The van der Waals surface area contributed by atoms with Gasteiger partial charge in [0.25, 0.3) is 0 Å². The number of fused-ring (bicyclic) bond motifs is 5. The van der Waals surface area contributed by atoms with Crippen LogP contribution in [0.2, 0.25) is 0 Å². The number of rotatable bonds is 10. The lowest BCUT2D eigenvalue weighted by molar-refractivity contribution is -0.130. The SMILES string of the molecule is COc1ccc(CCN(C)C(=O)CCC[C@H]2CC(=O)[C@@]3(C)CCC4c5ccc(B(O)O)cc5CCC4C23)cc1OC. The zero-order chi connectivity index (χ0) is 29.3. The van der Waals surface area contributed by atoms with E-state index in [1.165, 1.54) is 11.1 Å². The largest absolute Gasteiger partial charge is 0.493 e. The molecular weight excluding hydrogens is 517 g/mol. The molecule has 2 aromatic rings. The van der Waals surface area contributed by atoms with Crippen molar-refractivity contribution in [2.24, 2.45) is 23.2 Å². The Kier molecular flexibility index (Phi) is 8.81. The molecule has 7 nitrogen and oxygen atoms in total. The summed E-state index contributed by atoms with van der Waals surface area (Å²) in [6.45, 7) is 2.83. The van der Waals surface area contributed by atoms with Gasteiger partial charge in [-0.2, -0.15) is 0 Å². The molecule has 2 saturated carbocycles. The Morgan fingerprint density at radius 2 is 1.88 bits per heavy atom. The first-order chi connectivity index (χ1) is 19.7. The molecule has 2 N–H and O–H groups in total. The van der Waals surface area contributed by atoms with Crippen molar-refractivity contribution >= 4 is 24.3 Å². The minimum atomic E-state index is -1.45. The first-order valence-electron chi connectivity index (χ1n) is 15.1. The van der Waals surface area contributed by atoms with E-state index in [-0.39, 0.29) is 11.3 Å². The average molecular weight is 562 g/mol. The quantitative estimate of drug-likeness (QED) is 0.428. The molecule has 5 rings (SSSR count). The Balaban J connectivity index is 1.18. The number of benzene rings is 2. The van der Waals surface area contributed by atoms with Crippen molar-refractivity contribution in [3.05, 3.63) is 53.1 Å². The summed E-state index contributed by atoms with van der Waals surface area (Å²) in [6, 6.07) is 11.7. The van der Waals surface area contributed by atoms with Crippen LogP contribution in [-0.4, -0.2) is 61.6 Å². The van der Waals surface area contributed by atoms with Crippen LogP contribution in [0.15, 0.2) is 36.4 Å². The molecule has 2 aromatic carbocycles. The predicted molar refractivity (Wildman–Crippen MR) is 160 cm³/mol. The van der Waals surface area contributed by atoms with Crippen molar-refractivity contribution in [1.82, 2.24) is 4.90 Å². The second-order valence-electron chi connectivity index (χ2n) is 12.7. The number of Topliss-reactive ketones (excluding diaryl/α,β-unsaturated/α-hetero) is 1. The van der Waals surface area contributed by atoms with E-state index in [4.69, 9.17) is 9.47 Å². The minimum absolute atomic E-state index is 0.146. The first kappa shape index (κ1) is 29.7. The van der Waals surface area contributed by atoms with Crippen molar-refractivity contribution in [1.29, 1.82) is 0 Å². The van der Waals surface area contributed by atoms with E-state index in [1.54, 1.807) is 14.2 Å². The summed E-state index contributed by atoms with van der Waals surface area (Å²) in [6.07, 6.45) is 7.45. The monoisotopic (exact) mass is 561 g/mol. The number of nitrogens with zero attached hydrogens (tertiary/aromatic N) is 1. The van der Waals surface area contributed by atoms with E-state index in [1.807, 2.05) is 42.3 Å². The van der Waals surface area contributed by atoms with Crippen LogP contribution in [0.5, 0.6) is 11.5 Å². The maximum atomic E-state index is 13.3. The number of ketones is 1. The molecular formula is C33H44BNO6. The number of methoxy groups -OCH3 is 2. The maximum absolute atomic E-state index is 13.3. The standard InChI is InChI=1S/C33H44BNO6/c1-33-16-14-26-25-12-10-24(34(38)39)19-22(25)9-11-27(26)32(33)23(20-30(33)36)6-5-7-31(37)35(2)17-15-21-8-13-28(40-3)29(18-21)41-4/h8,10,12-13,18-19,23,26-27,32,38-39H,5-7,9,11,14-17,20H2,1-4H3/t23-,26?,27?,32?,33+/m0/s1. The van der Waals surface area contributed by atoms with Crippen LogP contribution < -0.4 is 14.9 Å². The second kappa shape index (κ2) is 12.2. The Hall–Kier alpha value is -2.84. The smallest absolute Gasteiger partial charge is 0.488 e. The van der Waals surface area contributed by atoms with Crippen LogP contribution >= 0.6 is 0 Å². The molecule has 3 aliphatic rings. The Morgan fingerprint density at radius 3 is 2.61 bits per heavy atom. The number of likely N-dealkylation sites (N-methyl/N-ethyl adjacent to an activating group) is 1. The second-order valence-corrected chi connectivity index (χ2v) is 12.7. The topological polar surface area (TPSA) is 96.3 Å². The molecule has 3 unspecified atom stereocenters. The highest BCUT2D eigenvalue weighted by atomic mass is 16.5.